The SMILES string of the molecule is CC(C)C1=CN=CC2CC[C@@H](C(C)C)CCCC12. The Kier molecular flexibility index (Phi) is 4.64. The Bertz CT molecular complexity index is 325. The molecule has 1 nitrogen and oxygen atoms in total. The van der Waals surface area contributed by atoms with Crippen molar-refractivity contribution in [2.24, 2.45) is 34.6 Å². The largest absolute Gasteiger partial charge is 0.269 e. The van der Waals surface area contributed by atoms with E-state index in [4.69, 9.17) is 0 Å². The number of aliphatic imine (C=N–C) groups is 1. The minimum Gasteiger partial charge on any atom is -0.269 e. The zero-order valence-corrected chi connectivity index (χ0v) is 12.5. The molecule has 1 heterocycles. The number of fused-ring (bicyclic) bond motifs is 1. The molecule has 1 aliphatic heterocycles. The van der Waals surface area contributed by atoms with E-state index < -0.39 is 0 Å². The molecule has 2 unspecified atom stereocenters. The summed E-state index contributed by atoms with van der Waals surface area (Å²) in [4.78, 5) is 4.52. The van der Waals surface area contributed by atoms with Crippen LogP contribution in [-0.4, -0.2) is 6.21 Å². The topological polar surface area (TPSA) is 12.4 Å². The van der Waals surface area contributed by atoms with E-state index in [0.717, 1.165) is 17.8 Å². The van der Waals surface area contributed by atoms with Gasteiger partial charge in [0.25, 0.3) is 0 Å². The molecule has 0 radical (unpaired) electrons. The summed E-state index contributed by atoms with van der Waals surface area (Å²) < 4.78 is 0. The highest BCUT2D eigenvalue weighted by molar-refractivity contribution is 5.64. The van der Waals surface area contributed by atoms with Crippen LogP contribution in [0.3, 0.4) is 0 Å². The minimum absolute atomic E-state index is 0.662. The smallest absolute Gasteiger partial charge is 0.0261 e. The monoisotopic (exact) mass is 247 g/mol. The highest BCUT2D eigenvalue weighted by Crippen LogP contribution is 2.39. The molecule has 102 valence electrons. The normalized spacial score (nSPS) is 33.0. The molecule has 18 heavy (non-hydrogen) atoms. The van der Waals surface area contributed by atoms with Gasteiger partial charge in [0.15, 0.2) is 0 Å². The first kappa shape index (κ1) is 13.8. The van der Waals surface area contributed by atoms with E-state index in [2.05, 4.69) is 45.1 Å². The predicted molar refractivity (Wildman–Crippen MR) is 79.8 cm³/mol. The summed E-state index contributed by atoms with van der Waals surface area (Å²) in [5.74, 6) is 3.95. The van der Waals surface area contributed by atoms with E-state index in [1.54, 1.807) is 5.57 Å². The Morgan fingerprint density at radius 2 is 1.83 bits per heavy atom. The van der Waals surface area contributed by atoms with Crippen LogP contribution in [0.5, 0.6) is 0 Å². The van der Waals surface area contributed by atoms with Crippen LogP contribution < -0.4 is 0 Å². The van der Waals surface area contributed by atoms with Gasteiger partial charge in [0.2, 0.25) is 0 Å². The second-order valence-corrected chi connectivity index (χ2v) is 6.86. The fraction of sp³-hybridized carbons (Fsp3) is 0.824. The summed E-state index contributed by atoms with van der Waals surface area (Å²) in [7, 11) is 0. The third-order valence-corrected chi connectivity index (χ3v) is 5.02. The lowest BCUT2D eigenvalue weighted by molar-refractivity contribution is 0.250. The second kappa shape index (κ2) is 6.04. The first-order valence-corrected chi connectivity index (χ1v) is 7.82. The van der Waals surface area contributed by atoms with Gasteiger partial charge in [-0.05, 0) is 48.5 Å². The summed E-state index contributed by atoms with van der Waals surface area (Å²) >= 11 is 0. The van der Waals surface area contributed by atoms with E-state index in [9.17, 15) is 0 Å². The molecule has 0 aromatic carbocycles. The van der Waals surface area contributed by atoms with Gasteiger partial charge >= 0.3 is 0 Å². The number of hydrogen-bond acceptors (Lipinski definition) is 1. The third-order valence-electron chi connectivity index (χ3n) is 5.02. The van der Waals surface area contributed by atoms with Gasteiger partial charge in [-0.3, -0.25) is 4.99 Å². The van der Waals surface area contributed by atoms with Gasteiger partial charge in [-0.15, -0.1) is 0 Å². The lowest BCUT2D eigenvalue weighted by atomic mass is 9.71. The van der Waals surface area contributed by atoms with Crippen molar-refractivity contribution in [3.63, 3.8) is 0 Å². The van der Waals surface area contributed by atoms with Crippen molar-refractivity contribution in [3.05, 3.63) is 11.8 Å². The van der Waals surface area contributed by atoms with Crippen LogP contribution in [0.25, 0.3) is 0 Å². The second-order valence-electron chi connectivity index (χ2n) is 6.86. The fourth-order valence-corrected chi connectivity index (χ4v) is 3.74. The van der Waals surface area contributed by atoms with Crippen LogP contribution in [0.1, 0.15) is 59.8 Å². The van der Waals surface area contributed by atoms with Gasteiger partial charge in [0, 0.05) is 18.3 Å². The molecule has 1 heteroatoms. The number of allylic oxidation sites excluding steroid dienone is 1. The van der Waals surface area contributed by atoms with Crippen molar-refractivity contribution in [1.29, 1.82) is 0 Å². The molecular weight excluding hydrogens is 218 g/mol. The zero-order valence-electron chi connectivity index (χ0n) is 12.5. The quantitative estimate of drug-likeness (QED) is 0.645. The number of nitrogens with zero attached hydrogens (tertiary/aromatic N) is 1. The molecule has 1 aliphatic carbocycles. The van der Waals surface area contributed by atoms with Gasteiger partial charge in [0.05, 0.1) is 0 Å². The summed E-state index contributed by atoms with van der Waals surface area (Å²) in [6, 6.07) is 0. The fourth-order valence-electron chi connectivity index (χ4n) is 3.74. The Hall–Kier alpha value is -0.590. The maximum absolute atomic E-state index is 4.52. The molecule has 1 fully saturated rings. The van der Waals surface area contributed by atoms with Crippen molar-refractivity contribution in [1.82, 2.24) is 0 Å². The average Bonchev–Trinajstić information content (AvgIpc) is 2.28. The highest BCUT2D eigenvalue weighted by atomic mass is 14.7. The highest BCUT2D eigenvalue weighted by Gasteiger charge is 2.30. The van der Waals surface area contributed by atoms with Crippen molar-refractivity contribution < 1.29 is 0 Å². The molecule has 3 atom stereocenters. The molecule has 0 aromatic heterocycles. The third kappa shape index (κ3) is 3.05. The maximum atomic E-state index is 4.52. The minimum atomic E-state index is 0.662. The van der Waals surface area contributed by atoms with Gasteiger partial charge in [0.1, 0.15) is 0 Å². The van der Waals surface area contributed by atoms with E-state index >= 15 is 0 Å². The van der Waals surface area contributed by atoms with Crippen molar-refractivity contribution in [2.45, 2.75) is 59.8 Å². The summed E-state index contributed by atoms with van der Waals surface area (Å²) in [5.41, 5.74) is 1.60. The predicted octanol–water partition coefficient (Wildman–Crippen LogP) is 5.08. The van der Waals surface area contributed by atoms with Crippen LogP contribution in [0, 0.1) is 29.6 Å². The molecule has 0 N–H and O–H groups in total. The maximum Gasteiger partial charge on any atom is 0.0261 e. The molecule has 2 aliphatic rings. The summed E-state index contributed by atoms with van der Waals surface area (Å²) in [5, 5.41) is 0. The Balaban J connectivity index is 2.06. The summed E-state index contributed by atoms with van der Waals surface area (Å²) in [6.45, 7) is 9.41. The van der Waals surface area contributed by atoms with E-state index in [-0.39, 0.29) is 0 Å². The van der Waals surface area contributed by atoms with Crippen LogP contribution in [0.4, 0.5) is 0 Å². The number of hydrogen-bond donors (Lipinski definition) is 0. The van der Waals surface area contributed by atoms with Crippen molar-refractivity contribution in [3.8, 4) is 0 Å². The van der Waals surface area contributed by atoms with E-state index in [0.29, 0.717) is 11.8 Å². The first-order valence-electron chi connectivity index (χ1n) is 7.82. The average molecular weight is 247 g/mol. The van der Waals surface area contributed by atoms with Gasteiger partial charge in [-0.1, -0.05) is 40.5 Å². The van der Waals surface area contributed by atoms with Crippen LogP contribution in [-0.2, 0) is 0 Å². The lowest BCUT2D eigenvalue weighted by Crippen LogP contribution is -2.27. The molecule has 0 spiro atoms. The zero-order chi connectivity index (χ0) is 13.1. The lowest BCUT2D eigenvalue weighted by Gasteiger charge is -2.35. The van der Waals surface area contributed by atoms with Crippen molar-refractivity contribution in [2.75, 3.05) is 0 Å². The van der Waals surface area contributed by atoms with Crippen LogP contribution in [0.15, 0.2) is 16.8 Å². The Morgan fingerprint density at radius 3 is 2.50 bits per heavy atom. The van der Waals surface area contributed by atoms with Gasteiger partial charge in [-0.25, -0.2) is 0 Å². The van der Waals surface area contributed by atoms with Gasteiger partial charge < -0.3 is 0 Å². The molecule has 1 saturated carbocycles. The van der Waals surface area contributed by atoms with Crippen LogP contribution >= 0.6 is 0 Å². The standard InChI is InChI=1S/C17H29N/c1-12(2)14-6-5-7-16-15(9-8-14)10-18-11-17(16)13(3)4/h10-16H,5-9H2,1-4H3/t14-,15?,16?/m0/s1. The summed E-state index contributed by atoms with van der Waals surface area (Å²) in [6.07, 6.45) is 11.3. The molecule has 0 bridgehead atoms. The number of rotatable bonds is 2. The van der Waals surface area contributed by atoms with E-state index in [1.165, 1.54) is 32.1 Å². The first-order chi connectivity index (χ1) is 8.59. The molecule has 2 rings (SSSR count). The van der Waals surface area contributed by atoms with Crippen LogP contribution in [0.2, 0.25) is 0 Å². The molecule has 0 aromatic rings. The Labute approximate surface area is 113 Å². The van der Waals surface area contributed by atoms with E-state index in [1.807, 2.05) is 0 Å². The van der Waals surface area contributed by atoms with Crippen molar-refractivity contribution >= 4 is 6.21 Å². The molecule has 0 saturated heterocycles. The van der Waals surface area contributed by atoms with Gasteiger partial charge in [-0.2, -0.15) is 0 Å². The molecular formula is C17H29N. The Morgan fingerprint density at radius 1 is 1.06 bits per heavy atom. The molecule has 0 amide bonds.